The van der Waals surface area contributed by atoms with Gasteiger partial charge in [-0.05, 0) is 18.2 Å². The number of benzene rings is 1. The fourth-order valence-corrected chi connectivity index (χ4v) is 2.52. The van der Waals surface area contributed by atoms with Crippen LogP contribution in [0.4, 0.5) is 5.69 Å². The SMILES string of the molecule is NC(=O)c1cc(NS(=O)(=O)c2cnc[nH]2)cc(C(N)=O)c1. The Kier molecular flexibility index (Phi) is 3.63. The zero-order valence-corrected chi connectivity index (χ0v) is 11.3. The Morgan fingerprint density at radius 2 is 1.67 bits per heavy atom. The summed E-state index contributed by atoms with van der Waals surface area (Å²) in [5.41, 5.74) is 10.1. The zero-order valence-electron chi connectivity index (χ0n) is 10.5. The van der Waals surface area contributed by atoms with Crippen molar-refractivity contribution < 1.29 is 18.0 Å². The monoisotopic (exact) mass is 309 g/mol. The zero-order chi connectivity index (χ0) is 15.6. The summed E-state index contributed by atoms with van der Waals surface area (Å²) >= 11 is 0. The highest BCUT2D eigenvalue weighted by atomic mass is 32.2. The van der Waals surface area contributed by atoms with Crippen LogP contribution in [-0.4, -0.2) is 30.2 Å². The first-order chi connectivity index (χ1) is 9.79. The van der Waals surface area contributed by atoms with Crippen LogP contribution in [0.15, 0.2) is 35.7 Å². The van der Waals surface area contributed by atoms with Gasteiger partial charge in [-0.1, -0.05) is 0 Å². The van der Waals surface area contributed by atoms with Crippen LogP contribution in [0.1, 0.15) is 20.7 Å². The first-order valence-corrected chi connectivity index (χ1v) is 7.04. The second kappa shape index (κ2) is 5.25. The average Bonchev–Trinajstić information content (AvgIpc) is 2.92. The van der Waals surface area contributed by atoms with Crippen molar-refractivity contribution in [3.63, 3.8) is 0 Å². The number of carbonyl (C=O) groups is 2. The minimum atomic E-state index is -3.93. The van der Waals surface area contributed by atoms with E-state index in [1.54, 1.807) is 0 Å². The molecule has 2 amide bonds. The predicted molar refractivity (Wildman–Crippen MR) is 72.9 cm³/mol. The summed E-state index contributed by atoms with van der Waals surface area (Å²) in [6.07, 6.45) is 2.30. The van der Waals surface area contributed by atoms with E-state index in [0.717, 1.165) is 6.20 Å². The molecule has 1 aromatic heterocycles. The molecular formula is C11H11N5O4S. The molecule has 0 spiro atoms. The summed E-state index contributed by atoms with van der Waals surface area (Å²) in [4.78, 5) is 28.4. The Balaban J connectivity index is 2.45. The van der Waals surface area contributed by atoms with Crippen LogP contribution in [0, 0.1) is 0 Å². The molecule has 0 saturated heterocycles. The van der Waals surface area contributed by atoms with Crippen molar-refractivity contribution in [2.45, 2.75) is 5.03 Å². The Morgan fingerprint density at radius 1 is 1.10 bits per heavy atom. The van der Waals surface area contributed by atoms with Gasteiger partial charge in [0.1, 0.15) is 0 Å². The van der Waals surface area contributed by atoms with Crippen molar-refractivity contribution in [1.29, 1.82) is 0 Å². The van der Waals surface area contributed by atoms with Gasteiger partial charge in [0.25, 0.3) is 10.0 Å². The topological polar surface area (TPSA) is 161 Å². The van der Waals surface area contributed by atoms with Gasteiger partial charge >= 0.3 is 0 Å². The van der Waals surface area contributed by atoms with Crippen molar-refractivity contribution >= 4 is 27.5 Å². The lowest BCUT2D eigenvalue weighted by atomic mass is 10.1. The van der Waals surface area contributed by atoms with Gasteiger partial charge in [0, 0.05) is 11.1 Å². The van der Waals surface area contributed by atoms with Crippen molar-refractivity contribution in [2.24, 2.45) is 11.5 Å². The molecule has 10 heteroatoms. The van der Waals surface area contributed by atoms with Crippen molar-refractivity contribution in [2.75, 3.05) is 4.72 Å². The van der Waals surface area contributed by atoms with Crippen LogP contribution in [-0.2, 0) is 10.0 Å². The van der Waals surface area contributed by atoms with Gasteiger partial charge in [0.2, 0.25) is 11.8 Å². The highest BCUT2D eigenvalue weighted by Crippen LogP contribution is 2.18. The van der Waals surface area contributed by atoms with Gasteiger partial charge in [0.15, 0.2) is 5.03 Å². The first-order valence-electron chi connectivity index (χ1n) is 5.55. The van der Waals surface area contributed by atoms with Crippen LogP contribution >= 0.6 is 0 Å². The van der Waals surface area contributed by atoms with Gasteiger partial charge in [-0.25, -0.2) is 4.98 Å². The molecule has 21 heavy (non-hydrogen) atoms. The maximum atomic E-state index is 12.0. The standard InChI is InChI=1S/C11H11N5O4S/c12-10(17)6-1-7(11(13)18)3-8(2-6)16-21(19,20)9-4-14-5-15-9/h1-5,16H,(H2,12,17)(H2,13,18)(H,14,15). The maximum absolute atomic E-state index is 12.0. The molecule has 0 radical (unpaired) electrons. The molecule has 0 saturated carbocycles. The highest BCUT2D eigenvalue weighted by Gasteiger charge is 2.17. The van der Waals surface area contributed by atoms with E-state index in [1.165, 1.54) is 24.5 Å². The van der Waals surface area contributed by atoms with E-state index in [2.05, 4.69) is 14.7 Å². The number of aromatic amines is 1. The molecule has 2 rings (SSSR count). The Hall–Kier alpha value is -2.88. The number of carbonyl (C=O) groups excluding carboxylic acids is 2. The van der Waals surface area contributed by atoms with Gasteiger partial charge in [-0.15, -0.1) is 0 Å². The number of nitrogens with one attached hydrogen (secondary N) is 2. The number of amides is 2. The van der Waals surface area contributed by atoms with E-state index in [-0.39, 0.29) is 21.8 Å². The molecule has 0 atom stereocenters. The van der Waals surface area contributed by atoms with E-state index in [1.807, 2.05) is 0 Å². The second-order valence-corrected chi connectivity index (χ2v) is 5.70. The number of sulfonamides is 1. The molecular weight excluding hydrogens is 298 g/mol. The number of anilines is 1. The summed E-state index contributed by atoms with van der Waals surface area (Å²) in [6.45, 7) is 0. The predicted octanol–water partition coefficient (Wildman–Crippen LogP) is -0.592. The van der Waals surface area contributed by atoms with E-state index < -0.39 is 21.8 Å². The van der Waals surface area contributed by atoms with E-state index in [4.69, 9.17) is 11.5 Å². The fourth-order valence-electron chi connectivity index (χ4n) is 1.57. The largest absolute Gasteiger partial charge is 0.366 e. The molecule has 0 aliphatic carbocycles. The first kappa shape index (κ1) is 14.5. The minimum absolute atomic E-state index is 0.0188. The van der Waals surface area contributed by atoms with E-state index >= 15 is 0 Å². The third kappa shape index (κ3) is 3.17. The number of imidazole rings is 1. The fraction of sp³-hybridized carbons (Fsp3) is 0. The van der Waals surface area contributed by atoms with Gasteiger partial charge in [-0.3, -0.25) is 14.3 Å². The summed E-state index contributed by atoms with van der Waals surface area (Å²) in [6, 6.07) is 3.57. The minimum Gasteiger partial charge on any atom is -0.366 e. The molecule has 1 heterocycles. The van der Waals surface area contributed by atoms with Gasteiger partial charge in [0.05, 0.1) is 18.2 Å². The molecule has 110 valence electrons. The number of aromatic nitrogens is 2. The summed E-state index contributed by atoms with van der Waals surface area (Å²) in [5.74, 6) is -1.64. The third-order valence-electron chi connectivity index (χ3n) is 2.52. The third-order valence-corrected chi connectivity index (χ3v) is 3.82. The number of rotatable bonds is 5. The van der Waals surface area contributed by atoms with Crippen LogP contribution < -0.4 is 16.2 Å². The smallest absolute Gasteiger partial charge is 0.278 e. The van der Waals surface area contributed by atoms with E-state index in [0.29, 0.717) is 0 Å². The van der Waals surface area contributed by atoms with Crippen LogP contribution in [0.25, 0.3) is 0 Å². The molecule has 0 aliphatic rings. The lowest BCUT2D eigenvalue weighted by Gasteiger charge is -2.09. The summed E-state index contributed by atoms with van der Waals surface area (Å²) in [5, 5.41) is -0.174. The molecule has 2 aromatic rings. The number of hydrogen-bond acceptors (Lipinski definition) is 5. The highest BCUT2D eigenvalue weighted by molar-refractivity contribution is 7.92. The number of hydrogen-bond donors (Lipinski definition) is 4. The van der Waals surface area contributed by atoms with Gasteiger partial charge < -0.3 is 16.5 Å². The van der Waals surface area contributed by atoms with Crippen molar-refractivity contribution in [1.82, 2.24) is 9.97 Å². The Morgan fingerprint density at radius 3 is 2.10 bits per heavy atom. The molecule has 0 aliphatic heterocycles. The van der Waals surface area contributed by atoms with Crippen molar-refractivity contribution in [3.05, 3.63) is 41.9 Å². The maximum Gasteiger partial charge on any atom is 0.278 e. The molecule has 6 N–H and O–H groups in total. The summed E-state index contributed by atoms with van der Waals surface area (Å²) < 4.78 is 26.2. The number of H-pyrrole nitrogens is 1. The number of nitrogens with two attached hydrogens (primary N) is 2. The Bertz CT molecular complexity index is 766. The lowest BCUT2D eigenvalue weighted by Crippen LogP contribution is -2.18. The molecule has 0 unspecified atom stereocenters. The number of primary amides is 2. The van der Waals surface area contributed by atoms with Crippen LogP contribution in [0.3, 0.4) is 0 Å². The second-order valence-electron chi connectivity index (χ2n) is 4.05. The molecule has 0 bridgehead atoms. The summed E-state index contributed by atoms with van der Waals surface area (Å²) in [7, 11) is -3.93. The molecule has 0 fully saturated rings. The average molecular weight is 309 g/mol. The normalized spacial score (nSPS) is 11.0. The molecule has 9 nitrogen and oxygen atoms in total. The van der Waals surface area contributed by atoms with Crippen LogP contribution in [0.5, 0.6) is 0 Å². The van der Waals surface area contributed by atoms with Crippen molar-refractivity contribution in [3.8, 4) is 0 Å². The number of nitrogens with zero attached hydrogens (tertiary/aromatic N) is 1. The van der Waals surface area contributed by atoms with Crippen LogP contribution in [0.2, 0.25) is 0 Å². The quantitative estimate of drug-likeness (QED) is 0.579. The Labute approximate surface area is 119 Å². The van der Waals surface area contributed by atoms with E-state index in [9.17, 15) is 18.0 Å². The molecule has 1 aromatic carbocycles. The van der Waals surface area contributed by atoms with Gasteiger partial charge in [-0.2, -0.15) is 8.42 Å². The lowest BCUT2D eigenvalue weighted by molar-refractivity contribution is 0.0999.